The Morgan fingerprint density at radius 2 is 1.82 bits per heavy atom. The number of fused-ring (bicyclic) bond motifs is 1. The van der Waals surface area contributed by atoms with Crippen LogP contribution in [-0.4, -0.2) is 77.7 Å². The Balaban J connectivity index is 1.48. The number of benzene rings is 2. The van der Waals surface area contributed by atoms with Crippen molar-refractivity contribution in [2.24, 2.45) is 5.41 Å². The zero-order chi connectivity index (χ0) is 32.9. The van der Waals surface area contributed by atoms with Crippen molar-refractivity contribution in [3.63, 3.8) is 0 Å². The molecule has 11 heteroatoms. The molecular formula is C34H46N4O7. The molecule has 2 aliphatic rings. The highest BCUT2D eigenvalue weighted by molar-refractivity contribution is 6.04. The molecule has 2 aromatic carbocycles. The molecule has 2 aromatic rings. The summed E-state index contributed by atoms with van der Waals surface area (Å²) in [5.41, 5.74) is -0.0417. The highest BCUT2D eigenvalue weighted by Crippen LogP contribution is 2.39. The van der Waals surface area contributed by atoms with Crippen LogP contribution in [0.3, 0.4) is 0 Å². The largest absolute Gasteiger partial charge is 0.476 e. The fourth-order valence-corrected chi connectivity index (χ4v) is 5.42. The topological polar surface area (TPSA) is 118 Å². The number of nitrogens with one attached hydrogen (secondary N) is 1. The number of rotatable bonds is 9. The van der Waals surface area contributed by atoms with E-state index in [1.807, 2.05) is 69.9 Å². The van der Waals surface area contributed by atoms with E-state index in [0.29, 0.717) is 30.1 Å². The van der Waals surface area contributed by atoms with Gasteiger partial charge in [-0.2, -0.15) is 0 Å². The molecule has 45 heavy (non-hydrogen) atoms. The summed E-state index contributed by atoms with van der Waals surface area (Å²) in [6, 6.07) is 14.1. The number of hydrogen-bond donors (Lipinski definition) is 1. The maximum absolute atomic E-state index is 14.0. The van der Waals surface area contributed by atoms with E-state index in [-0.39, 0.29) is 49.6 Å². The molecule has 1 atom stereocenters. The minimum atomic E-state index is -1.13. The molecule has 244 valence electrons. The van der Waals surface area contributed by atoms with E-state index in [1.165, 1.54) is 0 Å². The molecule has 1 saturated heterocycles. The van der Waals surface area contributed by atoms with Gasteiger partial charge in [-0.1, -0.05) is 30.3 Å². The normalized spacial score (nSPS) is 18.1. The number of nitrogens with zero attached hydrogens (tertiary/aromatic N) is 3. The van der Waals surface area contributed by atoms with Gasteiger partial charge in [0.2, 0.25) is 0 Å². The summed E-state index contributed by atoms with van der Waals surface area (Å²) < 4.78 is 11.3. The predicted octanol–water partition coefficient (Wildman–Crippen LogP) is 4.94. The lowest BCUT2D eigenvalue weighted by Gasteiger charge is -2.41. The van der Waals surface area contributed by atoms with E-state index in [4.69, 9.17) is 14.3 Å². The number of hydroxylamine groups is 2. The first-order valence-electron chi connectivity index (χ1n) is 15.6. The molecule has 0 saturated carbocycles. The van der Waals surface area contributed by atoms with Crippen molar-refractivity contribution in [1.82, 2.24) is 15.3 Å². The maximum atomic E-state index is 14.0. The molecule has 11 nitrogen and oxygen atoms in total. The van der Waals surface area contributed by atoms with Gasteiger partial charge >= 0.3 is 12.1 Å². The molecule has 0 radical (unpaired) electrons. The quantitative estimate of drug-likeness (QED) is 0.418. The smallest absolute Gasteiger partial charge is 0.407 e. The zero-order valence-electron chi connectivity index (χ0n) is 27.4. The first-order chi connectivity index (χ1) is 21.2. The van der Waals surface area contributed by atoms with Crippen molar-refractivity contribution in [2.45, 2.75) is 85.6 Å². The lowest BCUT2D eigenvalue weighted by molar-refractivity contribution is -0.208. The fourth-order valence-electron chi connectivity index (χ4n) is 5.42. The van der Waals surface area contributed by atoms with Gasteiger partial charge in [0.25, 0.3) is 11.8 Å². The number of amides is 3. The second-order valence-electron chi connectivity index (χ2n) is 13.4. The molecule has 3 amide bonds. The lowest BCUT2D eigenvalue weighted by Crippen LogP contribution is -2.54. The van der Waals surface area contributed by atoms with Gasteiger partial charge in [-0.25, -0.2) is 9.59 Å². The molecule has 0 aromatic heterocycles. The molecule has 0 spiro atoms. The number of hydrogen-bond acceptors (Lipinski definition) is 8. The minimum absolute atomic E-state index is 0.129. The van der Waals surface area contributed by atoms with Gasteiger partial charge in [0.15, 0.2) is 5.60 Å². The SMILES string of the molecule is CC(C)N(C(=O)c1ccc2c(c1)N(CCNC(=O)OCc1ccccc1)C(=O)C(C)(C)O2)[C@@H]1CCCN(OC(=O)C(C)(C)C)C1. The second-order valence-corrected chi connectivity index (χ2v) is 13.4. The average Bonchev–Trinajstić information content (AvgIpc) is 2.98. The third-order valence-electron chi connectivity index (χ3n) is 7.81. The first-order valence-corrected chi connectivity index (χ1v) is 15.6. The van der Waals surface area contributed by atoms with Crippen LogP contribution in [0.15, 0.2) is 48.5 Å². The van der Waals surface area contributed by atoms with Crippen molar-refractivity contribution in [3.8, 4) is 5.75 Å². The highest BCUT2D eigenvalue weighted by atomic mass is 16.7. The zero-order valence-corrected chi connectivity index (χ0v) is 27.4. The summed E-state index contributed by atoms with van der Waals surface area (Å²) in [5, 5.41) is 4.37. The molecular weight excluding hydrogens is 576 g/mol. The van der Waals surface area contributed by atoms with Crippen LogP contribution >= 0.6 is 0 Å². The van der Waals surface area contributed by atoms with Crippen molar-refractivity contribution in [1.29, 1.82) is 0 Å². The molecule has 2 heterocycles. The number of alkyl carbamates (subject to hydrolysis) is 1. The van der Waals surface area contributed by atoms with Crippen molar-refractivity contribution in [3.05, 3.63) is 59.7 Å². The summed E-state index contributed by atoms with van der Waals surface area (Å²) in [4.78, 5) is 61.4. The van der Waals surface area contributed by atoms with E-state index < -0.39 is 17.1 Å². The second kappa shape index (κ2) is 13.9. The molecule has 0 aliphatic carbocycles. The van der Waals surface area contributed by atoms with Gasteiger partial charge in [-0.05, 0) is 85.1 Å². The third-order valence-corrected chi connectivity index (χ3v) is 7.81. The summed E-state index contributed by atoms with van der Waals surface area (Å²) in [5.74, 6) is -0.325. The Hall–Kier alpha value is -4.12. The van der Waals surface area contributed by atoms with Crippen molar-refractivity contribution < 1.29 is 33.5 Å². The lowest BCUT2D eigenvalue weighted by atomic mass is 9.97. The summed E-state index contributed by atoms with van der Waals surface area (Å²) in [6.07, 6.45) is 0.950. The number of piperidine rings is 1. The first kappa shape index (κ1) is 33.8. The van der Waals surface area contributed by atoms with Crippen molar-refractivity contribution >= 4 is 29.6 Å². The average molecular weight is 623 g/mol. The molecule has 2 aliphatic heterocycles. The number of anilines is 1. The van der Waals surface area contributed by atoms with Crippen LogP contribution in [0.2, 0.25) is 0 Å². The number of ether oxygens (including phenoxy) is 2. The van der Waals surface area contributed by atoms with E-state index in [2.05, 4.69) is 5.32 Å². The molecule has 4 rings (SSSR count). The number of carbonyl (C=O) groups excluding carboxylic acids is 4. The van der Waals surface area contributed by atoms with Crippen LogP contribution in [0.4, 0.5) is 10.5 Å². The van der Waals surface area contributed by atoms with Gasteiger partial charge in [0.05, 0.1) is 17.6 Å². The van der Waals surface area contributed by atoms with E-state index in [9.17, 15) is 19.2 Å². The van der Waals surface area contributed by atoms with Crippen LogP contribution in [0.1, 0.15) is 77.2 Å². The summed E-state index contributed by atoms with van der Waals surface area (Å²) in [6.45, 7) is 14.2. The summed E-state index contributed by atoms with van der Waals surface area (Å²) >= 11 is 0. The Morgan fingerprint density at radius 1 is 1.11 bits per heavy atom. The predicted molar refractivity (Wildman–Crippen MR) is 170 cm³/mol. The van der Waals surface area contributed by atoms with E-state index in [0.717, 1.165) is 18.4 Å². The molecule has 0 bridgehead atoms. The molecule has 1 N–H and O–H groups in total. The van der Waals surface area contributed by atoms with Gasteiger partial charge in [-0.15, -0.1) is 5.06 Å². The van der Waals surface area contributed by atoms with Crippen LogP contribution in [0, 0.1) is 5.41 Å². The minimum Gasteiger partial charge on any atom is -0.476 e. The van der Waals surface area contributed by atoms with Gasteiger partial charge in [0.1, 0.15) is 12.4 Å². The van der Waals surface area contributed by atoms with Crippen molar-refractivity contribution in [2.75, 3.05) is 31.1 Å². The van der Waals surface area contributed by atoms with Gasteiger partial charge < -0.3 is 29.4 Å². The maximum Gasteiger partial charge on any atom is 0.407 e. The van der Waals surface area contributed by atoms with Crippen LogP contribution in [-0.2, 0) is 25.8 Å². The highest BCUT2D eigenvalue weighted by Gasteiger charge is 2.41. The Bertz CT molecular complexity index is 1390. The van der Waals surface area contributed by atoms with Crippen LogP contribution in [0.5, 0.6) is 5.75 Å². The number of carbonyl (C=O) groups is 4. The third kappa shape index (κ3) is 8.33. The van der Waals surface area contributed by atoms with Crippen LogP contribution < -0.4 is 15.0 Å². The van der Waals surface area contributed by atoms with Gasteiger partial charge in [0, 0.05) is 37.3 Å². The molecule has 1 fully saturated rings. The van der Waals surface area contributed by atoms with E-state index >= 15 is 0 Å². The fraction of sp³-hybridized carbons (Fsp3) is 0.529. The standard InChI is InChI=1S/C34H46N4O7/c1-23(2)38(26-14-11-18-36(21-26)45-31(41)33(3,4)5)29(39)25-15-16-28-27(20-25)37(30(40)34(6,7)44-28)19-17-35-32(42)43-22-24-12-9-8-10-13-24/h8-10,12-13,15-16,20,23,26H,11,14,17-19,21-22H2,1-7H3,(H,35,42)/t26-/m1/s1. The Morgan fingerprint density at radius 3 is 2.49 bits per heavy atom. The summed E-state index contributed by atoms with van der Waals surface area (Å²) in [7, 11) is 0. The monoisotopic (exact) mass is 622 g/mol. The Labute approximate surface area is 265 Å². The van der Waals surface area contributed by atoms with Gasteiger partial charge in [-0.3, -0.25) is 9.59 Å². The molecule has 0 unspecified atom stereocenters. The van der Waals surface area contributed by atoms with E-state index in [1.54, 1.807) is 42.0 Å². The van der Waals surface area contributed by atoms with Crippen LogP contribution in [0.25, 0.3) is 0 Å². The Kier molecular flexibility index (Phi) is 10.4.